The van der Waals surface area contributed by atoms with Gasteiger partial charge in [0.2, 0.25) is 21.8 Å². The minimum Gasteiger partial charge on any atom is -0.354 e. The normalized spacial score (nSPS) is 12.1. The van der Waals surface area contributed by atoms with Crippen LogP contribution in [0, 0.1) is 12.8 Å². The van der Waals surface area contributed by atoms with E-state index in [1.165, 1.54) is 10.6 Å². The van der Waals surface area contributed by atoms with Gasteiger partial charge in [0.05, 0.1) is 11.9 Å². The molecule has 214 valence electrons. The van der Waals surface area contributed by atoms with Crippen molar-refractivity contribution >= 4 is 27.5 Å². The highest BCUT2D eigenvalue weighted by atomic mass is 32.2. The summed E-state index contributed by atoms with van der Waals surface area (Å²) in [7, 11) is -3.53. The van der Waals surface area contributed by atoms with Crippen molar-refractivity contribution in [1.82, 2.24) is 10.2 Å². The molecular formula is C32H41N3O4S. The van der Waals surface area contributed by atoms with Gasteiger partial charge in [-0.05, 0) is 48.1 Å². The number of anilines is 1. The quantitative estimate of drug-likeness (QED) is 0.301. The molecule has 1 atom stereocenters. The van der Waals surface area contributed by atoms with Crippen LogP contribution in [-0.4, -0.2) is 50.5 Å². The van der Waals surface area contributed by atoms with Crippen LogP contribution in [0.3, 0.4) is 0 Å². The Kier molecular flexibility index (Phi) is 11.3. The largest absolute Gasteiger partial charge is 0.354 e. The van der Waals surface area contributed by atoms with Crippen molar-refractivity contribution in [1.29, 1.82) is 0 Å². The van der Waals surface area contributed by atoms with E-state index in [1.54, 1.807) is 29.2 Å². The van der Waals surface area contributed by atoms with Gasteiger partial charge in [-0.2, -0.15) is 0 Å². The number of amides is 2. The number of aryl methyl sites for hydroxylation is 1. The van der Waals surface area contributed by atoms with Gasteiger partial charge in [-0.3, -0.25) is 13.9 Å². The van der Waals surface area contributed by atoms with Crippen molar-refractivity contribution in [3.05, 3.63) is 102 Å². The van der Waals surface area contributed by atoms with Crippen molar-refractivity contribution in [2.24, 2.45) is 5.92 Å². The molecule has 0 saturated carbocycles. The zero-order valence-electron chi connectivity index (χ0n) is 23.9. The fourth-order valence-corrected chi connectivity index (χ4v) is 5.51. The van der Waals surface area contributed by atoms with Crippen LogP contribution in [0.5, 0.6) is 0 Å². The van der Waals surface area contributed by atoms with Gasteiger partial charge in [-0.15, -0.1) is 0 Å². The number of nitrogens with zero attached hydrogens (tertiary/aromatic N) is 2. The number of carbonyl (C=O) groups excluding carboxylic acids is 2. The van der Waals surface area contributed by atoms with E-state index in [0.717, 1.165) is 16.7 Å². The molecule has 0 unspecified atom stereocenters. The second-order valence-corrected chi connectivity index (χ2v) is 12.5. The van der Waals surface area contributed by atoms with Gasteiger partial charge in [0, 0.05) is 32.5 Å². The minimum absolute atomic E-state index is 0.105. The number of benzene rings is 3. The highest BCUT2D eigenvalue weighted by Gasteiger charge is 2.31. The first-order chi connectivity index (χ1) is 19.1. The molecule has 2 amide bonds. The number of carbonyl (C=O) groups is 2. The average Bonchev–Trinajstić information content (AvgIpc) is 2.92. The molecule has 40 heavy (non-hydrogen) atoms. The molecule has 0 aliphatic carbocycles. The Hall–Kier alpha value is -3.65. The van der Waals surface area contributed by atoms with E-state index in [9.17, 15) is 18.0 Å². The standard InChI is InChI=1S/C32H41N3O4S/c1-25(2)23-33-32(37)30(22-27-15-7-5-8-16-27)34(24-28-17-12-11-14-26(28)3)31(36)20-13-21-35(40(4,38)39)29-18-9-6-10-19-29/h5-12,14-19,25,30H,13,20-24H2,1-4H3,(H,33,37)/t30-/m1/s1. The summed E-state index contributed by atoms with van der Waals surface area (Å²) in [6, 6.07) is 25.7. The lowest BCUT2D eigenvalue weighted by molar-refractivity contribution is -0.141. The summed E-state index contributed by atoms with van der Waals surface area (Å²) in [6.07, 6.45) is 1.97. The summed E-state index contributed by atoms with van der Waals surface area (Å²) in [5.41, 5.74) is 3.52. The number of hydrogen-bond donors (Lipinski definition) is 1. The Bertz CT molecular complexity index is 1340. The molecule has 0 bridgehead atoms. The lowest BCUT2D eigenvalue weighted by atomic mass is 10.0. The summed E-state index contributed by atoms with van der Waals surface area (Å²) in [4.78, 5) is 29.1. The fraction of sp³-hybridized carbons (Fsp3) is 0.375. The van der Waals surface area contributed by atoms with E-state index < -0.39 is 16.1 Å². The Labute approximate surface area is 239 Å². The van der Waals surface area contributed by atoms with Crippen LogP contribution in [0.1, 0.15) is 43.4 Å². The van der Waals surface area contributed by atoms with Crippen molar-refractivity contribution in [3.63, 3.8) is 0 Å². The van der Waals surface area contributed by atoms with Gasteiger partial charge in [0.1, 0.15) is 6.04 Å². The molecular weight excluding hydrogens is 522 g/mol. The summed E-state index contributed by atoms with van der Waals surface area (Å²) in [5, 5.41) is 3.03. The number of nitrogens with one attached hydrogen (secondary N) is 1. The van der Waals surface area contributed by atoms with Crippen molar-refractivity contribution in [2.75, 3.05) is 23.7 Å². The molecule has 0 aromatic heterocycles. The first kappa shape index (κ1) is 30.9. The van der Waals surface area contributed by atoms with Crippen molar-refractivity contribution in [3.8, 4) is 0 Å². The third-order valence-electron chi connectivity index (χ3n) is 6.75. The van der Waals surface area contributed by atoms with Crippen LogP contribution in [0.15, 0.2) is 84.9 Å². The highest BCUT2D eigenvalue weighted by Crippen LogP contribution is 2.21. The van der Waals surface area contributed by atoms with Crippen LogP contribution >= 0.6 is 0 Å². The monoisotopic (exact) mass is 563 g/mol. The topological polar surface area (TPSA) is 86.8 Å². The molecule has 0 radical (unpaired) electrons. The van der Waals surface area contributed by atoms with Gasteiger partial charge in [-0.1, -0.05) is 86.6 Å². The Morgan fingerprint density at radius 3 is 2.08 bits per heavy atom. The smallest absolute Gasteiger partial charge is 0.243 e. The van der Waals surface area contributed by atoms with Gasteiger partial charge in [-0.25, -0.2) is 8.42 Å². The second-order valence-electron chi connectivity index (χ2n) is 10.6. The van der Waals surface area contributed by atoms with Crippen LogP contribution in [-0.2, 0) is 32.6 Å². The molecule has 3 rings (SSSR count). The first-order valence-corrected chi connectivity index (χ1v) is 15.6. The first-order valence-electron chi connectivity index (χ1n) is 13.7. The number of sulfonamides is 1. The van der Waals surface area contributed by atoms with Gasteiger partial charge >= 0.3 is 0 Å². The summed E-state index contributed by atoms with van der Waals surface area (Å²) in [6.45, 7) is 7.01. The molecule has 3 aromatic rings. The van der Waals surface area contributed by atoms with Crippen LogP contribution in [0.2, 0.25) is 0 Å². The van der Waals surface area contributed by atoms with E-state index in [-0.39, 0.29) is 37.2 Å². The Morgan fingerprint density at radius 1 is 0.875 bits per heavy atom. The zero-order chi connectivity index (χ0) is 29.1. The van der Waals surface area contributed by atoms with Gasteiger partial charge in [0.25, 0.3) is 0 Å². The minimum atomic E-state index is -3.53. The summed E-state index contributed by atoms with van der Waals surface area (Å²) >= 11 is 0. The van der Waals surface area contributed by atoms with E-state index in [4.69, 9.17) is 0 Å². The molecule has 0 saturated heterocycles. The van der Waals surface area contributed by atoms with Gasteiger partial charge in [0.15, 0.2) is 0 Å². The SMILES string of the molecule is Cc1ccccc1CN(C(=O)CCCN(c1ccccc1)S(C)(=O)=O)[C@H](Cc1ccccc1)C(=O)NCC(C)C. The molecule has 0 aliphatic rings. The highest BCUT2D eigenvalue weighted by molar-refractivity contribution is 7.92. The maximum absolute atomic E-state index is 13.9. The van der Waals surface area contributed by atoms with E-state index in [1.807, 2.05) is 81.4 Å². The van der Waals surface area contributed by atoms with Crippen LogP contribution < -0.4 is 9.62 Å². The Balaban J connectivity index is 1.88. The summed E-state index contributed by atoms with van der Waals surface area (Å²) in [5.74, 6) is -0.117. The Morgan fingerprint density at radius 2 is 1.48 bits per heavy atom. The molecule has 0 aliphatic heterocycles. The summed E-state index contributed by atoms with van der Waals surface area (Å²) < 4.78 is 26.4. The number of para-hydroxylation sites is 1. The lowest BCUT2D eigenvalue weighted by Gasteiger charge is -2.32. The predicted octanol–water partition coefficient (Wildman–Crippen LogP) is 4.95. The van der Waals surface area contributed by atoms with Crippen molar-refractivity contribution < 1.29 is 18.0 Å². The van der Waals surface area contributed by atoms with Crippen LogP contribution in [0.25, 0.3) is 0 Å². The molecule has 0 heterocycles. The van der Waals surface area contributed by atoms with Crippen LogP contribution in [0.4, 0.5) is 5.69 Å². The molecule has 3 aromatic carbocycles. The average molecular weight is 564 g/mol. The zero-order valence-corrected chi connectivity index (χ0v) is 24.7. The molecule has 7 nitrogen and oxygen atoms in total. The molecule has 0 fully saturated rings. The molecule has 1 N–H and O–H groups in total. The molecule has 8 heteroatoms. The second kappa shape index (κ2) is 14.7. The maximum Gasteiger partial charge on any atom is 0.243 e. The third kappa shape index (κ3) is 9.23. The van der Waals surface area contributed by atoms with E-state index in [0.29, 0.717) is 25.1 Å². The number of rotatable bonds is 14. The lowest BCUT2D eigenvalue weighted by Crippen LogP contribution is -2.51. The fourth-order valence-electron chi connectivity index (χ4n) is 4.55. The number of hydrogen-bond acceptors (Lipinski definition) is 4. The predicted molar refractivity (Wildman–Crippen MR) is 161 cm³/mol. The maximum atomic E-state index is 13.9. The van der Waals surface area contributed by atoms with Gasteiger partial charge < -0.3 is 10.2 Å². The molecule has 0 spiro atoms. The van der Waals surface area contributed by atoms with Crippen molar-refractivity contribution in [2.45, 2.75) is 52.6 Å². The van der Waals surface area contributed by atoms with E-state index in [2.05, 4.69) is 5.32 Å². The third-order valence-corrected chi connectivity index (χ3v) is 7.95. The van der Waals surface area contributed by atoms with E-state index >= 15 is 0 Å².